The van der Waals surface area contributed by atoms with E-state index < -0.39 is 11.4 Å². The van der Waals surface area contributed by atoms with Crippen molar-refractivity contribution in [2.24, 2.45) is 0 Å². The van der Waals surface area contributed by atoms with Gasteiger partial charge in [0, 0.05) is 41.3 Å². The Morgan fingerprint density at radius 2 is 1.76 bits per heavy atom. The summed E-state index contributed by atoms with van der Waals surface area (Å²) in [6.07, 6.45) is 8.71. The topological polar surface area (TPSA) is 98.3 Å². The zero-order chi connectivity index (χ0) is 27.0. The predicted molar refractivity (Wildman–Crippen MR) is 145 cm³/mol. The molecule has 196 valence electrons. The van der Waals surface area contributed by atoms with Crippen LogP contribution in [0.1, 0.15) is 65.4 Å². The molecule has 5 rings (SSSR count). The maximum absolute atomic E-state index is 11.4. The van der Waals surface area contributed by atoms with Crippen molar-refractivity contribution in [1.29, 1.82) is 0 Å². The number of carboxylic acids is 1. The number of halogens is 3. The van der Waals surface area contributed by atoms with Crippen molar-refractivity contribution in [1.82, 2.24) is 15.1 Å². The van der Waals surface area contributed by atoms with Crippen LogP contribution in [-0.4, -0.2) is 26.2 Å². The Bertz CT molecular complexity index is 1490. The van der Waals surface area contributed by atoms with Crippen LogP contribution >= 0.6 is 34.8 Å². The number of pyridine rings is 2. The third-order valence-corrected chi connectivity index (χ3v) is 7.59. The fourth-order valence-corrected chi connectivity index (χ4v) is 5.16. The summed E-state index contributed by atoms with van der Waals surface area (Å²) in [6, 6.07) is 7.20. The van der Waals surface area contributed by atoms with Crippen molar-refractivity contribution < 1.29 is 19.2 Å². The summed E-state index contributed by atoms with van der Waals surface area (Å²) in [7, 11) is 0. The van der Waals surface area contributed by atoms with Gasteiger partial charge < -0.3 is 14.4 Å². The highest BCUT2D eigenvalue weighted by Gasteiger charge is 2.34. The molecule has 0 unspecified atom stereocenters. The van der Waals surface area contributed by atoms with Crippen LogP contribution < -0.4 is 4.74 Å². The second kappa shape index (κ2) is 10.6. The molecule has 0 aliphatic heterocycles. The molecule has 0 amide bonds. The van der Waals surface area contributed by atoms with E-state index in [0.717, 1.165) is 35.3 Å². The summed E-state index contributed by atoms with van der Waals surface area (Å²) in [4.78, 5) is 19.5. The van der Waals surface area contributed by atoms with Gasteiger partial charge in [-0.05, 0) is 54.0 Å². The largest absolute Gasteiger partial charge is 0.489 e. The predicted octanol–water partition coefficient (Wildman–Crippen LogP) is 7.77. The standard InChI is InChI=1S/C28H24Cl3N3O4/c1-28(2,18-7-17(27(35)36)10-32-11-18)9-16-5-6-19(8-21(16)29)37-14-20-25(34-38-26(20)15-3-4-15)24-22(30)12-33-13-23(24)31/h5-8,10-13,15H,3-4,9,14H2,1-2H3,(H,35,36). The van der Waals surface area contributed by atoms with E-state index in [-0.39, 0.29) is 12.2 Å². The van der Waals surface area contributed by atoms with E-state index in [1.54, 1.807) is 18.3 Å². The first-order valence-corrected chi connectivity index (χ1v) is 13.2. The summed E-state index contributed by atoms with van der Waals surface area (Å²) in [5.74, 6) is 0.665. The quantitative estimate of drug-likeness (QED) is 0.219. The molecule has 10 heteroatoms. The summed E-state index contributed by atoms with van der Waals surface area (Å²) in [6.45, 7) is 4.26. The number of nitrogens with zero attached hydrogens (tertiary/aromatic N) is 3. The van der Waals surface area contributed by atoms with E-state index in [9.17, 15) is 9.90 Å². The van der Waals surface area contributed by atoms with Gasteiger partial charge in [0.2, 0.25) is 0 Å². The minimum atomic E-state index is -1.01. The van der Waals surface area contributed by atoms with Gasteiger partial charge in [0.15, 0.2) is 0 Å². The van der Waals surface area contributed by atoms with Crippen LogP contribution in [0.25, 0.3) is 11.3 Å². The Morgan fingerprint density at radius 3 is 2.42 bits per heavy atom. The molecule has 1 aliphatic rings. The lowest BCUT2D eigenvalue weighted by Crippen LogP contribution is -2.21. The second-order valence-corrected chi connectivity index (χ2v) is 11.2. The van der Waals surface area contributed by atoms with E-state index in [2.05, 4.69) is 15.1 Å². The number of benzene rings is 1. The Kier molecular flexibility index (Phi) is 7.36. The highest BCUT2D eigenvalue weighted by Crippen LogP contribution is 2.46. The van der Waals surface area contributed by atoms with E-state index in [1.807, 2.05) is 26.0 Å². The van der Waals surface area contributed by atoms with Gasteiger partial charge in [0.25, 0.3) is 0 Å². The molecule has 1 aromatic carbocycles. The van der Waals surface area contributed by atoms with Gasteiger partial charge in [-0.1, -0.05) is 59.9 Å². The molecule has 1 aliphatic carbocycles. The van der Waals surface area contributed by atoms with Crippen LogP contribution in [0.3, 0.4) is 0 Å². The Labute approximate surface area is 234 Å². The van der Waals surface area contributed by atoms with Gasteiger partial charge in [0.1, 0.15) is 23.8 Å². The van der Waals surface area contributed by atoms with E-state index in [0.29, 0.717) is 44.4 Å². The average molecular weight is 573 g/mol. The lowest BCUT2D eigenvalue weighted by molar-refractivity contribution is 0.0696. The normalized spacial score (nSPS) is 13.5. The highest BCUT2D eigenvalue weighted by atomic mass is 35.5. The third kappa shape index (κ3) is 5.51. The third-order valence-electron chi connectivity index (χ3n) is 6.66. The summed E-state index contributed by atoms with van der Waals surface area (Å²) in [5.41, 5.74) is 3.39. The van der Waals surface area contributed by atoms with Crippen LogP contribution in [0, 0.1) is 0 Å². The molecule has 3 heterocycles. The molecule has 0 saturated heterocycles. The van der Waals surface area contributed by atoms with Crippen molar-refractivity contribution in [3.05, 3.63) is 92.1 Å². The van der Waals surface area contributed by atoms with Gasteiger partial charge >= 0.3 is 5.97 Å². The van der Waals surface area contributed by atoms with Crippen LogP contribution in [-0.2, 0) is 18.4 Å². The number of carbonyl (C=O) groups is 1. The highest BCUT2D eigenvalue weighted by molar-refractivity contribution is 6.38. The van der Waals surface area contributed by atoms with Crippen LogP contribution in [0.15, 0.2) is 53.6 Å². The molecule has 3 aromatic heterocycles. The molecular weight excluding hydrogens is 549 g/mol. The number of hydrogen-bond donors (Lipinski definition) is 1. The van der Waals surface area contributed by atoms with Gasteiger partial charge in [-0.25, -0.2) is 4.79 Å². The van der Waals surface area contributed by atoms with E-state index in [1.165, 1.54) is 18.6 Å². The summed E-state index contributed by atoms with van der Waals surface area (Å²) in [5, 5.41) is 14.9. The Hall–Kier alpha value is -3.13. The van der Waals surface area contributed by atoms with Gasteiger partial charge in [-0.2, -0.15) is 0 Å². The molecule has 0 spiro atoms. The Balaban J connectivity index is 1.36. The fourth-order valence-electron chi connectivity index (χ4n) is 4.38. The molecule has 0 bridgehead atoms. The lowest BCUT2D eigenvalue weighted by atomic mass is 9.79. The maximum atomic E-state index is 11.4. The second-order valence-electron chi connectivity index (χ2n) is 10.00. The van der Waals surface area contributed by atoms with Crippen molar-refractivity contribution in [2.45, 2.75) is 51.0 Å². The molecule has 0 atom stereocenters. The molecular formula is C28H24Cl3N3O4. The van der Waals surface area contributed by atoms with Crippen molar-refractivity contribution in [2.75, 3.05) is 0 Å². The van der Waals surface area contributed by atoms with Crippen LogP contribution in [0.4, 0.5) is 0 Å². The molecule has 1 N–H and O–H groups in total. The average Bonchev–Trinajstić information content (AvgIpc) is 3.64. The molecule has 38 heavy (non-hydrogen) atoms. The Morgan fingerprint density at radius 1 is 1.05 bits per heavy atom. The summed E-state index contributed by atoms with van der Waals surface area (Å²) < 4.78 is 11.8. The lowest BCUT2D eigenvalue weighted by Gasteiger charge is -2.26. The number of rotatable bonds is 9. The first kappa shape index (κ1) is 26.5. The molecule has 4 aromatic rings. The number of aromatic carboxylic acids is 1. The van der Waals surface area contributed by atoms with Gasteiger partial charge in [0.05, 0.1) is 21.2 Å². The maximum Gasteiger partial charge on any atom is 0.337 e. The molecule has 7 nitrogen and oxygen atoms in total. The minimum Gasteiger partial charge on any atom is -0.489 e. The van der Waals surface area contributed by atoms with E-state index in [4.69, 9.17) is 44.1 Å². The number of ether oxygens (including phenoxy) is 1. The minimum absolute atomic E-state index is 0.151. The zero-order valence-corrected chi connectivity index (χ0v) is 22.9. The van der Waals surface area contributed by atoms with Crippen molar-refractivity contribution in [3.63, 3.8) is 0 Å². The van der Waals surface area contributed by atoms with Crippen LogP contribution in [0.5, 0.6) is 5.75 Å². The van der Waals surface area contributed by atoms with Gasteiger partial charge in [-0.15, -0.1) is 0 Å². The SMILES string of the molecule is CC(C)(Cc1ccc(OCc2c(-c3c(Cl)cncc3Cl)noc2C2CC2)cc1Cl)c1cncc(C(=O)O)c1. The zero-order valence-electron chi connectivity index (χ0n) is 20.7. The number of hydrogen-bond acceptors (Lipinski definition) is 6. The van der Waals surface area contributed by atoms with Crippen molar-refractivity contribution in [3.8, 4) is 17.0 Å². The summed E-state index contributed by atoms with van der Waals surface area (Å²) >= 11 is 19.5. The molecule has 1 fully saturated rings. The molecule has 1 saturated carbocycles. The first-order valence-electron chi connectivity index (χ1n) is 12.0. The van der Waals surface area contributed by atoms with Crippen molar-refractivity contribution >= 4 is 40.8 Å². The fraction of sp³-hybridized carbons (Fsp3) is 0.286. The molecule has 0 radical (unpaired) electrons. The number of carboxylic acid groups (broad SMARTS) is 1. The number of aromatic nitrogens is 3. The van der Waals surface area contributed by atoms with Gasteiger partial charge in [-0.3, -0.25) is 9.97 Å². The van der Waals surface area contributed by atoms with Crippen LogP contribution in [0.2, 0.25) is 15.1 Å². The van der Waals surface area contributed by atoms with E-state index >= 15 is 0 Å². The smallest absolute Gasteiger partial charge is 0.337 e. The monoisotopic (exact) mass is 571 g/mol. The first-order chi connectivity index (χ1) is 18.1.